The van der Waals surface area contributed by atoms with Crippen molar-refractivity contribution in [3.8, 4) is 5.75 Å². The van der Waals surface area contributed by atoms with E-state index in [-0.39, 0.29) is 12.5 Å². The zero-order chi connectivity index (χ0) is 12.5. The quantitative estimate of drug-likeness (QED) is 0.871. The average Bonchev–Trinajstić information content (AvgIpc) is 2.90. The van der Waals surface area contributed by atoms with Crippen LogP contribution in [-0.2, 0) is 4.79 Å². The highest BCUT2D eigenvalue weighted by Gasteiger charge is 2.19. The maximum Gasteiger partial charge on any atom is 0.262 e. The molecular formula is C13H11NO3S. The number of nitrogens with one attached hydrogen (secondary N) is 1. The first-order chi connectivity index (χ1) is 8.74. The molecule has 1 aromatic heterocycles. The van der Waals surface area contributed by atoms with Gasteiger partial charge in [0.2, 0.25) is 0 Å². The Balaban J connectivity index is 1.94. The van der Waals surface area contributed by atoms with Gasteiger partial charge in [-0.2, -0.15) is 0 Å². The number of thiophene rings is 1. The molecule has 3 rings (SSSR count). The lowest BCUT2D eigenvalue weighted by molar-refractivity contribution is -0.118. The predicted octanol–water partition coefficient (Wildman–Crippen LogP) is 2.16. The highest BCUT2D eigenvalue weighted by Crippen LogP contribution is 2.33. The van der Waals surface area contributed by atoms with Gasteiger partial charge in [-0.15, -0.1) is 11.3 Å². The lowest BCUT2D eigenvalue weighted by Gasteiger charge is -2.19. The van der Waals surface area contributed by atoms with E-state index in [2.05, 4.69) is 5.32 Å². The number of fused-ring (bicyclic) bond motifs is 1. The number of anilines is 1. The minimum atomic E-state index is -0.672. The van der Waals surface area contributed by atoms with Gasteiger partial charge in [0.05, 0.1) is 5.69 Å². The van der Waals surface area contributed by atoms with Crippen molar-refractivity contribution in [2.75, 3.05) is 11.9 Å². The standard InChI is InChI=1S/C13H11NO3S/c15-12-7-17-10-4-3-8(6-9(10)14-12)13(16)11-2-1-5-18-11/h1-6,13,16H,7H2,(H,14,15). The fourth-order valence-electron chi connectivity index (χ4n) is 1.88. The van der Waals surface area contributed by atoms with Crippen molar-refractivity contribution >= 4 is 22.9 Å². The average molecular weight is 261 g/mol. The van der Waals surface area contributed by atoms with E-state index in [4.69, 9.17) is 4.74 Å². The van der Waals surface area contributed by atoms with Crippen LogP contribution in [0.25, 0.3) is 0 Å². The highest BCUT2D eigenvalue weighted by atomic mass is 32.1. The first kappa shape index (κ1) is 11.3. The topological polar surface area (TPSA) is 58.6 Å². The summed E-state index contributed by atoms with van der Waals surface area (Å²) in [5.41, 5.74) is 1.35. The van der Waals surface area contributed by atoms with Crippen LogP contribution >= 0.6 is 11.3 Å². The van der Waals surface area contributed by atoms with Gasteiger partial charge in [0.15, 0.2) is 6.61 Å². The maximum atomic E-state index is 11.2. The van der Waals surface area contributed by atoms with Gasteiger partial charge in [-0.05, 0) is 29.1 Å². The number of benzene rings is 1. The number of rotatable bonds is 2. The monoisotopic (exact) mass is 261 g/mol. The first-order valence-corrected chi connectivity index (χ1v) is 6.40. The van der Waals surface area contributed by atoms with Crippen LogP contribution in [0.3, 0.4) is 0 Å². The van der Waals surface area contributed by atoms with Crippen molar-refractivity contribution in [3.63, 3.8) is 0 Å². The Morgan fingerprint density at radius 1 is 1.39 bits per heavy atom. The second-order valence-corrected chi connectivity index (χ2v) is 4.99. The van der Waals surface area contributed by atoms with Gasteiger partial charge in [0.1, 0.15) is 11.9 Å². The number of hydrogen-bond acceptors (Lipinski definition) is 4. The molecule has 1 aliphatic heterocycles. The number of amides is 1. The number of carbonyl (C=O) groups is 1. The molecular weight excluding hydrogens is 250 g/mol. The van der Waals surface area contributed by atoms with Crippen LogP contribution in [0.2, 0.25) is 0 Å². The Labute approximate surface area is 108 Å². The molecule has 1 unspecified atom stereocenters. The third-order valence-corrected chi connectivity index (χ3v) is 3.69. The van der Waals surface area contributed by atoms with E-state index >= 15 is 0 Å². The van der Waals surface area contributed by atoms with Gasteiger partial charge in [0, 0.05) is 4.88 Å². The van der Waals surface area contributed by atoms with E-state index in [1.165, 1.54) is 11.3 Å². The van der Waals surface area contributed by atoms with Crippen LogP contribution in [0.4, 0.5) is 5.69 Å². The third-order valence-electron chi connectivity index (χ3n) is 2.76. The summed E-state index contributed by atoms with van der Waals surface area (Å²) in [7, 11) is 0. The van der Waals surface area contributed by atoms with E-state index in [0.717, 1.165) is 10.4 Å². The van der Waals surface area contributed by atoms with E-state index < -0.39 is 6.10 Å². The van der Waals surface area contributed by atoms with Crippen LogP contribution < -0.4 is 10.1 Å². The van der Waals surface area contributed by atoms with Crippen molar-refractivity contribution in [2.45, 2.75) is 6.10 Å². The van der Waals surface area contributed by atoms with Gasteiger partial charge in [0.25, 0.3) is 5.91 Å². The minimum Gasteiger partial charge on any atom is -0.482 e. The summed E-state index contributed by atoms with van der Waals surface area (Å²) in [4.78, 5) is 12.1. The van der Waals surface area contributed by atoms with Gasteiger partial charge in [-0.1, -0.05) is 12.1 Å². The molecule has 0 radical (unpaired) electrons. The van der Waals surface area contributed by atoms with Crippen LogP contribution in [0, 0.1) is 0 Å². The number of carbonyl (C=O) groups excluding carboxylic acids is 1. The summed E-state index contributed by atoms with van der Waals surface area (Å²) in [6, 6.07) is 9.09. The molecule has 1 amide bonds. The van der Waals surface area contributed by atoms with Gasteiger partial charge < -0.3 is 15.2 Å². The fourth-order valence-corrected chi connectivity index (χ4v) is 2.62. The molecule has 5 heteroatoms. The summed E-state index contributed by atoms with van der Waals surface area (Å²) in [6.07, 6.45) is -0.672. The van der Waals surface area contributed by atoms with E-state index in [1.54, 1.807) is 18.2 Å². The molecule has 0 bridgehead atoms. The molecule has 0 fully saturated rings. The third kappa shape index (κ3) is 1.98. The van der Waals surface area contributed by atoms with Crippen molar-refractivity contribution < 1.29 is 14.6 Å². The smallest absolute Gasteiger partial charge is 0.262 e. The summed E-state index contributed by atoms with van der Waals surface area (Å²) in [5, 5.41) is 14.9. The summed E-state index contributed by atoms with van der Waals surface area (Å²) in [6.45, 7) is 0.0415. The Morgan fingerprint density at radius 3 is 3.06 bits per heavy atom. The molecule has 1 aliphatic rings. The Bertz CT molecular complexity index is 580. The lowest BCUT2D eigenvalue weighted by Crippen LogP contribution is -2.25. The first-order valence-electron chi connectivity index (χ1n) is 5.52. The largest absolute Gasteiger partial charge is 0.482 e. The Morgan fingerprint density at radius 2 is 2.28 bits per heavy atom. The van der Waals surface area contributed by atoms with Crippen molar-refractivity contribution in [1.82, 2.24) is 0 Å². The minimum absolute atomic E-state index is 0.0415. The number of ether oxygens (including phenoxy) is 1. The molecule has 1 aromatic carbocycles. The van der Waals surface area contributed by atoms with E-state index in [1.807, 2.05) is 17.5 Å². The van der Waals surface area contributed by atoms with Crippen molar-refractivity contribution in [2.24, 2.45) is 0 Å². The van der Waals surface area contributed by atoms with E-state index in [0.29, 0.717) is 11.4 Å². The summed E-state index contributed by atoms with van der Waals surface area (Å²) >= 11 is 1.50. The lowest BCUT2D eigenvalue weighted by atomic mass is 10.1. The van der Waals surface area contributed by atoms with Crippen LogP contribution in [0.5, 0.6) is 5.75 Å². The summed E-state index contributed by atoms with van der Waals surface area (Å²) in [5.74, 6) is 0.460. The van der Waals surface area contributed by atoms with Gasteiger partial charge in [-0.3, -0.25) is 4.79 Å². The summed E-state index contributed by atoms with van der Waals surface area (Å²) < 4.78 is 5.27. The zero-order valence-electron chi connectivity index (χ0n) is 9.42. The number of aliphatic hydroxyl groups is 1. The van der Waals surface area contributed by atoms with Crippen LogP contribution in [-0.4, -0.2) is 17.6 Å². The zero-order valence-corrected chi connectivity index (χ0v) is 10.2. The second-order valence-electron chi connectivity index (χ2n) is 4.01. The molecule has 0 aliphatic carbocycles. The van der Waals surface area contributed by atoms with Gasteiger partial charge >= 0.3 is 0 Å². The molecule has 0 spiro atoms. The molecule has 4 nitrogen and oxygen atoms in total. The second kappa shape index (κ2) is 4.44. The SMILES string of the molecule is O=C1COc2ccc(C(O)c3cccs3)cc2N1. The highest BCUT2D eigenvalue weighted by molar-refractivity contribution is 7.10. The fraction of sp³-hybridized carbons (Fsp3) is 0.154. The Kier molecular flexibility index (Phi) is 2.77. The maximum absolute atomic E-state index is 11.2. The molecule has 1 atom stereocenters. The molecule has 0 saturated heterocycles. The molecule has 18 heavy (non-hydrogen) atoms. The molecule has 92 valence electrons. The Hall–Kier alpha value is -1.85. The number of hydrogen-bond donors (Lipinski definition) is 2. The number of aliphatic hydroxyl groups excluding tert-OH is 1. The normalized spacial score (nSPS) is 15.5. The predicted molar refractivity (Wildman–Crippen MR) is 68.9 cm³/mol. The van der Waals surface area contributed by atoms with Crippen molar-refractivity contribution in [3.05, 3.63) is 46.2 Å². The molecule has 2 heterocycles. The molecule has 0 saturated carbocycles. The molecule has 2 aromatic rings. The van der Waals surface area contributed by atoms with Gasteiger partial charge in [-0.25, -0.2) is 0 Å². The van der Waals surface area contributed by atoms with E-state index in [9.17, 15) is 9.90 Å². The van der Waals surface area contributed by atoms with Crippen molar-refractivity contribution in [1.29, 1.82) is 0 Å². The van der Waals surface area contributed by atoms with Crippen LogP contribution in [0.15, 0.2) is 35.7 Å². The molecule has 2 N–H and O–H groups in total. The van der Waals surface area contributed by atoms with Crippen LogP contribution in [0.1, 0.15) is 16.5 Å².